The van der Waals surface area contributed by atoms with E-state index in [1.165, 1.54) is 0 Å². The average molecular weight is 455 g/mol. The van der Waals surface area contributed by atoms with Gasteiger partial charge in [-0.25, -0.2) is 9.98 Å². The van der Waals surface area contributed by atoms with Crippen molar-refractivity contribution in [2.45, 2.75) is 25.4 Å². The number of hydrogen-bond donors (Lipinski definition) is 2. The number of carbonyl (C=O) groups is 2. The lowest BCUT2D eigenvalue weighted by atomic mass is 9.90. The summed E-state index contributed by atoms with van der Waals surface area (Å²) in [7, 11) is 1.74. The Morgan fingerprint density at radius 1 is 1.24 bits per heavy atom. The van der Waals surface area contributed by atoms with Gasteiger partial charge in [0.15, 0.2) is 23.1 Å². The van der Waals surface area contributed by atoms with Gasteiger partial charge in [-0.05, 0) is 37.1 Å². The summed E-state index contributed by atoms with van der Waals surface area (Å²) in [6.45, 7) is 0.218. The molecule has 2 aliphatic heterocycles. The van der Waals surface area contributed by atoms with E-state index in [0.29, 0.717) is 28.5 Å². The highest BCUT2D eigenvalue weighted by Crippen LogP contribution is 2.41. The molecule has 0 bridgehead atoms. The first-order valence-electron chi connectivity index (χ1n) is 11.3. The van der Waals surface area contributed by atoms with Gasteiger partial charge in [-0.2, -0.15) is 0 Å². The summed E-state index contributed by atoms with van der Waals surface area (Å²) in [6.07, 6.45) is 7.40. The van der Waals surface area contributed by atoms with Crippen LogP contribution in [0.25, 0.3) is 16.7 Å². The van der Waals surface area contributed by atoms with Crippen LogP contribution < -0.4 is 15.0 Å². The predicted octanol–water partition coefficient (Wildman–Crippen LogP) is 1.92. The van der Waals surface area contributed by atoms with E-state index >= 15 is 0 Å². The smallest absolute Gasteiger partial charge is 0.299 e. The van der Waals surface area contributed by atoms with Crippen LogP contribution in [0.1, 0.15) is 24.3 Å². The van der Waals surface area contributed by atoms with Crippen LogP contribution in [0.3, 0.4) is 0 Å². The second-order valence-corrected chi connectivity index (χ2v) is 8.68. The Balaban J connectivity index is 1.44. The van der Waals surface area contributed by atoms with Gasteiger partial charge >= 0.3 is 0 Å². The molecule has 1 unspecified atom stereocenters. The fourth-order valence-electron chi connectivity index (χ4n) is 4.30. The second kappa shape index (κ2) is 7.98. The number of fused-ring (bicyclic) bond motifs is 2. The highest BCUT2D eigenvalue weighted by molar-refractivity contribution is 6.03. The maximum absolute atomic E-state index is 12.6. The molecule has 0 spiro atoms. The fourth-order valence-corrected chi connectivity index (χ4v) is 4.30. The third kappa shape index (κ3) is 3.57. The first-order valence-corrected chi connectivity index (χ1v) is 11.3. The lowest BCUT2D eigenvalue weighted by Gasteiger charge is -2.25. The van der Waals surface area contributed by atoms with Gasteiger partial charge in [-0.3, -0.25) is 9.59 Å². The van der Waals surface area contributed by atoms with E-state index < -0.39 is 6.04 Å². The Kier molecular flexibility index (Phi) is 4.79. The summed E-state index contributed by atoms with van der Waals surface area (Å²) in [5.41, 5.74) is 3.66. The first-order chi connectivity index (χ1) is 16.6. The van der Waals surface area contributed by atoms with Gasteiger partial charge in [0, 0.05) is 42.0 Å². The molecule has 8 heteroatoms. The summed E-state index contributed by atoms with van der Waals surface area (Å²) in [4.78, 5) is 34.1. The molecule has 8 nitrogen and oxygen atoms in total. The third-order valence-corrected chi connectivity index (χ3v) is 6.24. The molecule has 6 rings (SSSR count). The zero-order chi connectivity index (χ0) is 23.2. The minimum atomic E-state index is -0.434. The summed E-state index contributed by atoms with van der Waals surface area (Å²) < 4.78 is 12.3. The number of carbonyl (C=O) groups excluding carboxylic acids is 2. The molecule has 34 heavy (non-hydrogen) atoms. The molecule has 0 saturated heterocycles. The monoisotopic (exact) mass is 455 g/mol. The number of rotatable bonds is 6. The number of amides is 2. The predicted molar refractivity (Wildman–Crippen MR) is 125 cm³/mol. The minimum Gasteiger partial charge on any atom is -0.454 e. The van der Waals surface area contributed by atoms with Gasteiger partial charge in [0.25, 0.3) is 11.9 Å². The minimum absolute atomic E-state index is 0.0227. The Labute approximate surface area is 195 Å². The van der Waals surface area contributed by atoms with Crippen molar-refractivity contribution in [3.05, 3.63) is 71.8 Å². The number of oxazole rings is 1. The SMILES string of the molecule is CN1C=C(c2ccc3oc(CNC(=O)C4CC4)nc3c2Oc2ccccc2)C2=CC=[NH+]C2C1=O. The van der Waals surface area contributed by atoms with Crippen LogP contribution in [-0.2, 0) is 16.1 Å². The van der Waals surface area contributed by atoms with Crippen LogP contribution in [0, 0.1) is 5.92 Å². The third-order valence-electron chi connectivity index (χ3n) is 6.24. The topological polar surface area (TPSA) is 98.6 Å². The number of hydrogen-bond acceptors (Lipinski definition) is 5. The summed E-state index contributed by atoms with van der Waals surface area (Å²) >= 11 is 0. The quantitative estimate of drug-likeness (QED) is 0.592. The van der Waals surface area contributed by atoms with Crippen molar-refractivity contribution in [1.29, 1.82) is 0 Å². The van der Waals surface area contributed by atoms with Crippen LogP contribution in [0.2, 0.25) is 0 Å². The molecule has 0 radical (unpaired) electrons. The normalized spacial score (nSPS) is 19.1. The van der Waals surface area contributed by atoms with E-state index in [1.54, 1.807) is 18.2 Å². The van der Waals surface area contributed by atoms with Crippen molar-refractivity contribution in [1.82, 2.24) is 15.2 Å². The molecule has 2 aromatic carbocycles. The van der Waals surface area contributed by atoms with Crippen LogP contribution in [0.4, 0.5) is 0 Å². The van der Waals surface area contributed by atoms with Crippen molar-refractivity contribution in [2.75, 3.05) is 7.05 Å². The Morgan fingerprint density at radius 2 is 2.06 bits per heavy atom. The molecule has 1 atom stereocenters. The summed E-state index contributed by atoms with van der Waals surface area (Å²) in [5.74, 6) is 1.73. The molecule has 2 amide bonds. The lowest BCUT2D eigenvalue weighted by molar-refractivity contribution is -0.467. The van der Waals surface area contributed by atoms with Gasteiger partial charge in [-0.1, -0.05) is 18.2 Å². The van der Waals surface area contributed by atoms with E-state index in [2.05, 4.69) is 15.3 Å². The number of aromatic nitrogens is 1. The van der Waals surface area contributed by atoms with Gasteiger partial charge in [-0.15, -0.1) is 0 Å². The Morgan fingerprint density at radius 3 is 2.85 bits per heavy atom. The molecule has 3 aliphatic rings. The van der Waals surface area contributed by atoms with Crippen LogP contribution in [0.5, 0.6) is 11.5 Å². The highest BCUT2D eigenvalue weighted by atomic mass is 16.5. The molecule has 1 fully saturated rings. The van der Waals surface area contributed by atoms with Gasteiger partial charge in [0.1, 0.15) is 5.75 Å². The van der Waals surface area contributed by atoms with Crippen LogP contribution in [-0.4, -0.2) is 41.0 Å². The van der Waals surface area contributed by atoms with E-state index in [4.69, 9.17) is 9.15 Å². The molecule has 3 aromatic rings. The summed E-state index contributed by atoms with van der Waals surface area (Å²) in [5, 5.41) is 2.90. The number of nitrogens with zero attached hydrogens (tertiary/aromatic N) is 2. The zero-order valence-electron chi connectivity index (χ0n) is 18.6. The number of allylic oxidation sites excluding steroid dienone is 1. The van der Waals surface area contributed by atoms with Crippen molar-refractivity contribution < 1.29 is 23.7 Å². The van der Waals surface area contributed by atoms with Crippen molar-refractivity contribution in [3.63, 3.8) is 0 Å². The molecule has 1 aliphatic carbocycles. The van der Waals surface area contributed by atoms with Crippen molar-refractivity contribution >= 4 is 34.7 Å². The number of nitrogens with one attached hydrogen (secondary N) is 2. The van der Waals surface area contributed by atoms with E-state index in [9.17, 15) is 9.59 Å². The molecular formula is C26H23N4O4+. The van der Waals surface area contributed by atoms with Crippen LogP contribution in [0.15, 0.2) is 64.7 Å². The van der Waals surface area contributed by atoms with Crippen molar-refractivity contribution in [2.24, 2.45) is 5.92 Å². The number of likely N-dealkylation sites (N-methyl/N-ethyl adjacent to an activating group) is 1. The highest BCUT2D eigenvalue weighted by Gasteiger charge is 2.39. The maximum Gasteiger partial charge on any atom is 0.299 e. The molecule has 2 N–H and O–H groups in total. The second-order valence-electron chi connectivity index (χ2n) is 8.68. The molecule has 3 heterocycles. The first kappa shape index (κ1) is 20.4. The molecule has 1 aromatic heterocycles. The number of para-hydroxylation sites is 1. The maximum atomic E-state index is 12.6. The van der Waals surface area contributed by atoms with Crippen LogP contribution >= 0.6 is 0 Å². The number of benzene rings is 2. The Bertz CT molecular complexity index is 1400. The molecule has 170 valence electrons. The van der Waals surface area contributed by atoms with Gasteiger partial charge in [0.2, 0.25) is 11.8 Å². The summed E-state index contributed by atoms with van der Waals surface area (Å²) in [6, 6.07) is 12.8. The van der Waals surface area contributed by atoms with E-state index in [-0.39, 0.29) is 24.3 Å². The largest absolute Gasteiger partial charge is 0.454 e. The van der Waals surface area contributed by atoms with Crippen molar-refractivity contribution in [3.8, 4) is 11.5 Å². The fraction of sp³-hybridized carbons (Fsp3) is 0.231. The zero-order valence-corrected chi connectivity index (χ0v) is 18.6. The lowest BCUT2D eigenvalue weighted by Crippen LogP contribution is -2.78. The van der Waals surface area contributed by atoms with Gasteiger partial charge in [0.05, 0.1) is 6.54 Å². The van der Waals surface area contributed by atoms with E-state index in [0.717, 1.165) is 29.6 Å². The molecule has 1 saturated carbocycles. The van der Waals surface area contributed by atoms with E-state index in [1.807, 2.05) is 54.7 Å². The standard InChI is InChI=1S/C26H22N4O4/c1-30-14-19(17-11-12-27-22(17)26(30)32)18-9-10-20-23(24(18)33-16-5-3-2-4-6-16)29-21(34-20)13-28-25(31)15-7-8-15/h2-6,9-12,14-15,22H,7-8,13H2,1H3,(H,28,31)/p+1. The average Bonchev–Trinajstić information content (AvgIpc) is 3.43. The molecular weight excluding hydrogens is 432 g/mol. The Hall–Kier alpha value is -4.20. The number of ether oxygens (including phenoxy) is 1. The van der Waals surface area contributed by atoms with Gasteiger partial charge < -0.3 is 19.4 Å².